The zero-order valence-electron chi connectivity index (χ0n) is 13.0. The Morgan fingerprint density at radius 2 is 1.85 bits per heavy atom. The monoisotopic (exact) mass is 278 g/mol. The van der Waals surface area contributed by atoms with Gasteiger partial charge in [0.25, 0.3) is 0 Å². The predicted molar refractivity (Wildman–Crippen MR) is 84.1 cm³/mol. The molecule has 20 heavy (non-hydrogen) atoms. The number of likely N-dealkylation sites (N-methyl/N-ethyl adjacent to an activating group) is 1. The van der Waals surface area contributed by atoms with Gasteiger partial charge < -0.3 is 20.9 Å². The lowest BCUT2D eigenvalue weighted by molar-refractivity contribution is 0.270. The molecule has 0 atom stereocenters. The predicted octanol–water partition coefficient (Wildman–Crippen LogP) is 1.41. The maximum Gasteiger partial charge on any atom is 0.157 e. The number of aromatic nitrogens is 2. The minimum atomic E-state index is -0.0688. The second-order valence-corrected chi connectivity index (χ2v) is 6.26. The Morgan fingerprint density at radius 1 is 1.20 bits per heavy atom. The van der Waals surface area contributed by atoms with Crippen molar-refractivity contribution >= 4 is 17.3 Å². The van der Waals surface area contributed by atoms with E-state index in [0.717, 1.165) is 44.4 Å². The molecule has 0 aliphatic carbocycles. The lowest BCUT2D eigenvalue weighted by Gasteiger charge is -2.35. The molecule has 0 bridgehead atoms. The molecule has 0 aromatic carbocycles. The van der Waals surface area contributed by atoms with Crippen LogP contribution in [0.25, 0.3) is 0 Å². The first kappa shape index (κ1) is 14.8. The maximum atomic E-state index is 6.25. The summed E-state index contributed by atoms with van der Waals surface area (Å²) in [6.07, 6.45) is 1.59. The summed E-state index contributed by atoms with van der Waals surface area (Å²) in [6, 6.07) is 0. The zero-order valence-corrected chi connectivity index (χ0v) is 13.0. The number of hydrogen-bond acceptors (Lipinski definition) is 6. The molecule has 6 nitrogen and oxygen atoms in total. The summed E-state index contributed by atoms with van der Waals surface area (Å²) in [7, 11) is 0. The van der Waals surface area contributed by atoms with Crippen LogP contribution < -0.4 is 16.0 Å². The van der Waals surface area contributed by atoms with Gasteiger partial charge in [-0.2, -0.15) is 0 Å². The molecule has 0 spiro atoms. The van der Waals surface area contributed by atoms with Crippen LogP contribution in [0.4, 0.5) is 17.3 Å². The average Bonchev–Trinajstić information content (AvgIpc) is 2.40. The molecule has 3 N–H and O–H groups in total. The molecule has 2 rings (SSSR count). The van der Waals surface area contributed by atoms with Gasteiger partial charge in [-0.05, 0) is 27.3 Å². The van der Waals surface area contributed by atoms with E-state index in [1.807, 2.05) is 0 Å². The third-order valence-electron chi connectivity index (χ3n) is 3.48. The van der Waals surface area contributed by atoms with E-state index < -0.39 is 0 Å². The quantitative estimate of drug-likeness (QED) is 0.871. The van der Waals surface area contributed by atoms with E-state index in [4.69, 9.17) is 5.73 Å². The molecule has 1 saturated heterocycles. The van der Waals surface area contributed by atoms with E-state index in [2.05, 4.69) is 52.8 Å². The highest BCUT2D eigenvalue weighted by Crippen LogP contribution is 2.28. The van der Waals surface area contributed by atoms with Gasteiger partial charge >= 0.3 is 0 Å². The summed E-state index contributed by atoms with van der Waals surface area (Å²) in [5.74, 6) is 1.57. The Labute approximate surface area is 121 Å². The first-order chi connectivity index (χ1) is 9.40. The summed E-state index contributed by atoms with van der Waals surface area (Å²) < 4.78 is 0. The van der Waals surface area contributed by atoms with E-state index in [1.165, 1.54) is 0 Å². The maximum absolute atomic E-state index is 6.25. The Hall–Kier alpha value is -1.56. The molecular weight excluding hydrogens is 252 g/mol. The van der Waals surface area contributed by atoms with Gasteiger partial charge in [-0.25, -0.2) is 9.97 Å². The SMILES string of the molecule is CCN1CCN(c2ncnc(NC(C)(C)C)c2N)CC1. The Balaban J connectivity index is 2.15. The van der Waals surface area contributed by atoms with Gasteiger partial charge in [-0.15, -0.1) is 0 Å². The highest BCUT2D eigenvalue weighted by molar-refractivity contribution is 5.75. The first-order valence-corrected chi connectivity index (χ1v) is 7.26. The van der Waals surface area contributed by atoms with Crippen molar-refractivity contribution in [1.82, 2.24) is 14.9 Å². The van der Waals surface area contributed by atoms with Crippen molar-refractivity contribution in [2.75, 3.05) is 48.7 Å². The summed E-state index contributed by atoms with van der Waals surface area (Å²) in [4.78, 5) is 13.3. The minimum absolute atomic E-state index is 0.0688. The zero-order chi connectivity index (χ0) is 14.8. The van der Waals surface area contributed by atoms with Crippen LogP contribution in [0.5, 0.6) is 0 Å². The number of rotatable bonds is 3. The van der Waals surface area contributed by atoms with E-state index in [9.17, 15) is 0 Å². The molecule has 0 amide bonds. The van der Waals surface area contributed by atoms with E-state index >= 15 is 0 Å². The Kier molecular flexibility index (Phi) is 4.32. The number of anilines is 3. The standard InChI is InChI=1S/C14H26N6/c1-5-19-6-8-20(9-7-19)13-11(15)12(16-10-17-13)18-14(2,3)4/h10H,5-9,15H2,1-4H3,(H,16,17,18). The van der Waals surface area contributed by atoms with Crippen LogP contribution in [0.2, 0.25) is 0 Å². The molecule has 112 valence electrons. The molecule has 6 heteroatoms. The van der Waals surface area contributed by atoms with Crippen molar-refractivity contribution in [3.8, 4) is 0 Å². The molecule has 1 aromatic heterocycles. The van der Waals surface area contributed by atoms with Gasteiger partial charge in [0.15, 0.2) is 11.6 Å². The number of hydrogen-bond donors (Lipinski definition) is 2. The molecule has 1 aliphatic heterocycles. The van der Waals surface area contributed by atoms with Gasteiger partial charge in [-0.1, -0.05) is 6.92 Å². The van der Waals surface area contributed by atoms with Crippen LogP contribution in [-0.2, 0) is 0 Å². The summed E-state index contributed by atoms with van der Waals surface area (Å²) >= 11 is 0. The normalized spacial score (nSPS) is 17.3. The van der Waals surface area contributed by atoms with Crippen LogP contribution in [0.3, 0.4) is 0 Å². The van der Waals surface area contributed by atoms with Crippen molar-refractivity contribution in [3.05, 3.63) is 6.33 Å². The molecule has 1 fully saturated rings. The molecule has 2 heterocycles. The van der Waals surface area contributed by atoms with Crippen LogP contribution in [0, 0.1) is 0 Å². The molecule has 0 unspecified atom stereocenters. The number of nitrogens with two attached hydrogens (primary N) is 1. The highest BCUT2D eigenvalue weighted by atomic mass is 15.3. The Bertz CT molecular complexity index is 445. The summed E-state index contributed by atoms with van der Waals surface area (Å²) in [5, 5.41) is 3.34. The van der Waals surface area contributed by atoms with E-state index in [0.29, 0.717) is 5.69 Å². The van der Waals surface area contributed by atoms with Crippen LogP contribution in [0.15, 0.2) is 6.33 Å². The van der Waals surface area contributed by atoms with Gasteiger partial charge in [0, 0.05) is 31.7 Å². The van der Waals surface area contributed by atoms with Crippen molar-refractivity contribution in [2.45, 2.75) is 33.2 Å². The van der Waals surface area contributed by atoms with Crippen molar-refractivity contribution in [1.29, 1.82) is 0 Å². The van der Waals surface area contributed by atoms with Crippen molar-refractivity contribution in [3.63, 3.8) is 0 Å². The van der Waals surface area contributed by atoms with Gasteiger partial charge in [0.05, 0.1) is 0 Å². The lowest BCUT2D eigenvalue weighted by atomic mass is 10.1. The number of nitrogen functional groups attached to an aromatic ring is 1. The number of nitrogens with zero attached hydrogens (tertiary/aromatic N) is 4. The first-order valence-electron chi connectivity index (χ1n) is 7.26. The molecule has 0 radical (unpaired) electrons. The second-order valence-electron chi connectivity index (χ2n) is 6.26. The van der Waals surface area contributed by atoms with Crippen molar-refractivity contribution < 1.29 is 0 Å². The summed E-state index contributed by atoms with van der Waals surface area (Å²) in [5.41, 5.74) is 6.82. The van der Waals surface area contributed by atoms with Crippen molar-refractivity contribution in [2.24, 2.45) is 0 Å². The number of piperazine rings is 1. The third-order valence-corrected chi connectivity index (χ3v) is 3.48. The fraction of sp³-hybridized carbons (Fsp3) is 0.714. The van der Waals surface area contributed by atoms with Crippen LogP contribution in [-0.4, -0.2) is 53.1 Å². The minimum Gasteiger partial charge on any atom is -0.393 e. The summed E-state index contributed by atoms with van der Waals surface area (Å²) in [6.45, 7) is 13.6. The Morgan fingerprint density at radius 3 is 2.40 bits per heavy atom. The highest BCUT2D eigenvalue weighted by Gasteiger charge is 2.21. The average molecular weight is 278 g/mol. The molecule has 0 saturated carbocycles. The van der Waals surface area contributed by atoms with E-state index in [-0.39, 0.29) is 5.54 Å². The molecule has 1 aromatic rings. The van der Waals surface area contributed by atoms with Gasteiger partial charge in [0.2, 0.25) is 0 Å². The largest absolute Gasteiger partial charge is 0.393 e. The molecule has 1 aliphatic rings. The molecular formula is C14H26N6. The van der Waals surface area contributed by atoms with E-state index in [1.54, 1.807) is 6.33 Å². The fourth-order valence-corrected chi connectivity index (χ4v) is 2.37. The number of nitrogens with one attached hydrogen (secondary N) is 1. The second kappa shape index (κ2) is 5.83. The topological polar surface area (TPSA) is 70.3 Å². The third kappa shape index (κ3) is 3.50. The lowest BCUT2D eigenvalue weighted by Crippen LogP contribution is -2.46. The smallest absolute Gasteiger partial charge is 0.157 e. The van der Waals surface area contributed by atoms with Crippen LogP contribution >= 0.6 is 0 Å². The van der Waals surface area contributed by atoms with Gasteiger partial charge in [-0.3, -0.25) is 0 Å². The van der Waals surface area contributed by atoms with Gasteiger partial charge in [0.1, 0.15) is 12.0 Å². The fourth-order valence-electron chi connectivity index (χ4n) is 2.37. The van der Waals surface area contributed by atoms with Crippen LogP contribution in [0.1, 0.15) is 27.7 Å².